The number of aryl methyl sites for hydroxylation is 1. The van der Waals surface area contributed by atoms with Crippen molar-refractivity contribution in [2.45, 2.75) is 38.5 Å². The summed E-state index contributed by atoms with van der Waals surface area (Å²) < 4.78 is 11.5. The summed E-state index contributed by atoms with van der Waals surface area (Å²) in [6.07, 6.45) is 3.75. The Labute approximate surface area is 119 Å². The number of ether oxygens (including phenoxy) is 2. The molecule has 0 spiro atoms. The van der Waals surface area contributed by atoms with Gasteiger partial charge < -0.3 is 14.8 Å². The molecule has 1 heterocycles. The van der Waals surface area contributed by atoms with Crippen LogP contribution in [-0.2, 0) is 11.2 Å². The highest BCUT2D eigenvalue weighted by molar-refractivity contribution is 5.75. The summed E-state index contributed by atoms with van der Waals surface area (Å²) in [7, 11) is 0. The third-order valence-electron chi connectivity index (χ3n) is 4.14. The quantitative estimate of drug-likeness (QED) is 0.918. The van der Waals surface area contributed by atoms with Crippen LogP contribution in [0.4, 0.5) is 0 Å². The summed E-state index contributed by atoms with van der Waals surface area (Å²) in [5.41, 5.74) is 2.69. The molecule has 1 aromatic rings. The smallest absolute Gasteiger partial charge is 0.219 e. The molecular formula is C16H21NO3. The van der Waals surface area contributed by atoms with Crippen molar-refractivity contribution in [2.24, 2.45) is 0 Å². The Kier molecular flexibility index (Phi) is 3.81. The van der Waals surface area contributed by atoms with Gasteiger partial charge in [0.1, 0.15) is 13.2 Å². The summed E-state index contributed by atoms with van der Waals surface area (Å²) in [5, 5.41) is 2.96. The summed E-state index contributed by atoms with van der Waals surface area (Å²) in [6, 6.07) is 4.18. The lowest BCUT2D eigenvalue weighted by molar-refractivity contribution is -0.120. The highest BCUT2D eigenvalue weighted by atomic mass is 16.6. The van der Waals surface area contributed by atoms with Crippen LogP contribution in [0.15, 0.2) is 12.1 Å². The molecule has 0 unspecified atom stereocenters. The van der Waals surface area contributed by atoms with Crippen LogP contribution in [0.3, 0.4) is 0 Å². The van der Waals surface area contributed by atoms with E-state index in [0.29, 0.717) is 25.6 Å². The average Bonchev–Trinajstić information content (AvgIpc) is 2.91. The normalized spacial score (nSPS) is 19.6. The second kappa shape index (κ2) is 5.73. The van der Waals surface area contributed by atoms with Crippen molar-refractivity contribution in [3.8, 4) is 11.5 Å². The molecule has 20 heavy (non-hydrogen) atoms. The molecule has 108 valence electrons. The Balaban J connectivity index is 1.73. The van der Waals surface area contributed by atoms with Crippen molar-refractivity contribution in [1.82, 2.24) is 5.32 Å². The molecule has 1 aromatic carbocycles. The van der Waals surface area contributed by atoms with Crippen molar-refractivity contribution in [1.29, 1.82) is 0 Å². The number of amides is 1. The Morgan fingerprint density at radius 3 is 3.05 bits per heavy atom. The number of rotatable bonds is 4. The van der Waals surface area contributed by atoms with Crippen LogP contribution < -0.4 is 14.8 Å². The Hall–Kier alpha value is -1.71. The Bertz CT molecular complexity index is 513. The molecule has 1 atom stereocenters. The summed E-state index contributed by atoms with van der Waals surface area (Å²) >= 11 is 0. The molecule has 0 aromatic heterocycles. The lowest BCUT2D eigenvalue weighted by atomic mass is 9.96. The summed E-state index contributed by atoms with van der Waals surface area (Å²) in [6.45, 7) is 3.87. The first-order valence-electron chi connectivity index (χ1n) is 7.47. The predicted molar refractivity (Wildman–Crippen MR) is 76.4 cm³/mol. The minimum absolute atomic E-state index is 0.123. The highest BCUT2D eigenvalue weighted by Crippen LogP contribution is 2.46. The fraction of sp³-hybridized carbons (Fsp3) is 0.562. The zero-order chi connectivity index (χ0) is 13.9. The van der Waals surface area contributed by atoms with Crippen molar-refractivity contribution in [3.63, 3.8) is 0 Å². The van der Waals surface area contributed by atoms with Crippen molar-refractivity contribution < 1.29 is 14.3 Å². The molecule has 0 saturated carbocycles. The van der Waals surface area contributed by atoms with Gasteiger partial charge in [0.15, 0.2) is 11.5 Å². The number of fused-ring (bicyclic) bond motifs is 3. The van der Waals surface area contributed by atoms with Gasteiger partial charge in [-0.05, 0) is 36.8 Å². The van der Waals surface area contributed by atoms with Crippen LogP contribution in [0, 0.1) is 0 Å². The van der Waals surface area contributed by atoms with Gasteiger partial charge in [-0.1, -0.05) is 13.0 Å². The molecule has 3 rings (SSSR count). The Morgan fingerprint density at radius 2 is 2.20 bits per heavy atom. The maximum Gasteiger partial charge on any atom is 0.219 e. The zero-order valence-corrected chi connectivity index (χ0v) is 11.9. The monoisotopic (exact) mass is 275 g/mol. The maximum absolute atomic E-state index is 11.3. The highest BCUT2D eigenvalue weighted by Gasteiger charge is 2.29. The van der Waals surface area contributed by atoms with Gasteiger partial charge in [0, 0.05) is 18.5 Å². The molecule has 0 radical (unpaired) electrons. The molecule has 2 aliphatic rings. The first kappa shape index (κ1) is 13.3. The summed E-state index contributed by atoms with van der Waals surface area (Å²) in [4.78, 5) is 11.3. The standard InChI is InChI=1S/C16H21NO3/c1-2-14(18)17-8-7-12-4-3-11-5-6-13-16(15(11)12)20-10-9-19-13/h5-6,12H,2-4,7-10H2,1H3,(H,17,18)/t12-/m1/s1. The predicted octanol–water partition coefficient (Wildman–Crippen LogP) is 2.40. The molecule has 0 bridgehead atoms. The van der Waals surface area contributed by atoms with E-state index in [1.807, 2.05) is 13.0 Å². The molecule has 4 heteroatoms. The molecule has 4 nitrogen and oxygen atoms in total. The SMILES string of the molecule is CCC(=O)NCC[C@H]1CCc2ccc3c(c21)OCCO3. The lowest BCUT2D eigenvalue weighted by Crippen LogP contribution is -2.24. The van der Waals surface area contributed by atoms with Crippen LogP contribution >= 0.6 is 0 Å². The van der Waals surface area contributed by atoms with Gasteiger partial charge in [0.25, 0.3) is 0 Å². The fourth-order valence-electron chi connectivity index (χ4n) is 3.12. The molecule has 1 N–H and O–H groups in total. The molecular weight excluding hydrogens is 254 g/mol. The molecule has 1 amide bonds. The lowest BCUT2D eigenvalue weighted by Gasteiger charge is -2.23. The van der Waals surface area contributed by atoms with Gasteiger partial charge in [0.2, 0.25) is 5.91 Å². The van der Waals surface area contributed by atoms with Crippen molar-refractivity contribution >= 4 is 5.91 Å². The number of hydrogen-bond donors (Lipinski definition) is 1. The second-order valence-corrected chi connectivity index (χ2v) is 5.39. The van der Waals surface area contributed by atoms with Crippen LogP contribution in [-0.4, -0.2) is 25.7 Å². The molecule has 1 aliphatic carbocycles. The van der Waals surface area contributed by atoms with Gasteiger partial charge >= 0.3 is 0 Å². The van der Waals surface area contributed by atoms with E-state index < -0.39 is 0 Å². The minimum Gasteiger partial charge on any atom is -0.486 e. The largest absolute Gasteiger partial charge is 0.486 e. The van der Waals surface area contributed by atoms with Crippen LogP contribution in [0.1, 0.15) is 43.2 Å². The van der Waals surface area contributed by atoms with Gasteiger partial charge in [0.05, 0.1) is 0 Å². The number of carbonyl (C=O) groups excluding carboxylic acids is 1. The van der Waals surface area contributed by atoms with Gasteiger partial charge in [-0.25, -0.2) is 0 Å². The maximum atomic E-state index is 11.3. The van der Waals surface area contributed by atoms with Crippen LogP contribution in [0.2, 0.25) is 0 Å². The average molecular weight is 275 g/mol. The second-order valence-electron chi connectivity index (χ2n) is 5.39. The third-order valence-corrected chi connectivity index (χ3v) is 4.14. The van der Waals surface area contributed by atoms with E-state index in [-0.39, 0.29) is 5.91 Å². The minimum atomic E-state index is 0.123. The zero-order valence-electron chi connectivity index (χ0n) is 11.9. The fourth-order valence-corrected chi connectivity index (χ4v) is 3.12. The van der Waals surface area contributed by atoms with Gasteiger partial charge in [-0.2, -0.15) is 0 Å². The van der Waals surface area contributed by atoms with E-state index in [4.69, 9.17) is 9.47 Å². The first-order valence-corrected chi connectivity index (χ1v) is 7.47. The van der Waals surface area contributed by atoms with E-state index in [0.717, 1.165) is 37.3 Å². The van der Waals surface area contributed by atoms with E-state index in [1.165, 1.54) is 11.1 Å². The van der Waals surface area contributed by atoms with E-state index >= 15 is 0 Å². The molecule has 0 saturated heterocycles. The molecule has 0 fully saturated rings. The van der Waals surface area contributed by atoms with Crippen LogP contribution in [0.25, 0.3) is 0 Å². The van der Waals surface area contributed by atoms with Gasteiger partial charge in [-0.3, -0.25) is 4.79 Å². The van der Waals surface area contributed by atoms with E-state index in [1.54, 1.807) is 0 Å². The Morgan fingerprint density at radius 1 is 1.35 bits per heavy atom. The van der Waals surface area contributed by atoms with Crippen molar-refractivity contribution in [3.05, 3.63) is 23.3 Å². The number of hydrogen-bond acceptors (Lipinski definition) is 3. The topological polar surface area (TPSA) is 47.6 Å². The van der Waals surface area contributed by atoms with E-state index in [2.05, 4.69) is 11.4 Å². The third kappa shape index (κ3) is 2.47. The molecule has 1 aliphatic heterocycles. The number of nitrogens with one attached hydrogen (secondary N) is 1. The van der Waals surface area contributed by atoms with Crippen LogP contribution in [0.5, 0.6) is 11.5 Å². The first-order chi connectivity index (χ1) is 9.79. The van der Waals surface area contributed by atoms with Crippen molar-refractivity contribution in [2.75, 3.05) is 19.8 Å². The number of benzene rings is 1. The summed E-state index contributed by atoms with van der Waals surface area (Å²) in [5.74, 6) is 2.41. The van der Waals surface area contributed by atoms with Gasteiger partial charge in [-0.15, -0.1) is 0 Å². The number of carbonyl (C=O) groups is 1. The van der Waals surface area contributed by atoms with E-state index in [9.17, 15) is 4.79 Å².